The largest absolute Gasteiger partial charge is 0.491 e. The molecule has 0 heterocycles. The zero-order valence-corrected chi connectivity index (χ0v) is 10.5. The molecule has 0 saturated heterocycles. The standard InChI is InChI=1S/C13H21NO2/c1-9(2)15-12-5-11(8-14)6-13(7-12)16-10(3)4/h5-7,9-10H,8,14H2,1-4H3. The third kappa shape index (κ3) is 4.11. The molecule has 0 aromatic heterocycles. The third-order valence-electron chi connectivity index (χ3n) is 1.92. The molecule has 0 saturated carbocycles. The number of hydrogen-bond donors (Lipinski definition) is 1. The van der Waals surface area contributed by atoms with Crippen molar-refractivity contribution in [3.05, 3.63) is 23.8 Å². The van der Waals surface area contributed by atoms with Crippen molar-refractivity contribution in [2.45, 2.75) is 46.4 Å². The van der Waals surface area contributed by atoms with Gasteiger partial charge in [0.05, 0.1) is 12.2 Å². The normalized spacial score (nSPS) is 10.9. The molecule has 0 fully saturated rings. The van der Waals surface area contributed by atoms with Gasteiger partial charge in [-0.3, -0.25) is 0 Å². The summed E-state index contributed by atoms with van der Waals surface area (Å²) in [6.07, 6.45) is 0.305. The van der Waals surface area contributed by atoms with E-state index in [0.29, 0.717) is 6.54 Å². The van der Waals surface area contributed by atoms with Crippen molar-refractivity contribution in [1.29, 1.82) is 0 Å². The minimum Gasteiger partial charge on any atom is -0.491 e. The van der Waals surface area contributed by atoms with Crippen LogP contribution in [0.5, 0.6) is 11.5 Å². The lowest BCUT2D eigenvalue weighted by Gasteiger charge is -2.15. The first-order valence-electron chi connectivity index (χ1n) is 5.68. The molecular weight excluding hydrogens is 202 g/mol. The van der Waals surface area contributed by atoms with Crippen LogP contribution >= 0.6 is 0 Å². The lowest BCUT2D eigenvalue weighted by molar-refractivity contribution is 0.229. The first-order chi connectivity index (χ1) is 7.51. The molecule has 0 aliphatic carbocycles. The summed E-state index contributed by atoms with van der Waals surface area (Å²) in [6.45, 7) is 8.48. The molecule has 0 bridgehead atoms. The zero-order chi connectivity index (χ0) is 12.1. The lowest BCUT2D eigenvalue weighted by atomic mass is 10.2. The molecule has 0 amide bonds. The van der Waals surface area contributed by atoms with Gasteiger partial charge in [0.15, 0.2) is 0 Å². The van der Waals surface area contributed by atoms with Crippen LogP contribution in [0.15, 0.2) is 18.2 Å². The van der Waals surface area contributed by atoms with E-state index < -0.39 is 0 Å². The Bertz CT molecular complexity index is 306. The van der Waals surface area contributed by atoms with Gasteiger partial charge in [-0.1, -0.05) is 0 Å². The van der Waals surface area contributed by atoms with E-state index in [-0.39, 0.29) is 12.2 Å². The van der Waals surface area contributed by atoms with Gasteiger partial charge in [-0.15, -0.1) is 0 Å². The van der Waals surface area contributed by atoms with Crippen molar-refractivity contribution in [2.75, 3.05) is 0 Å². The molecule has 16 heavy (non-hydrogen) atoms. The summed E-state index contributed by atoms with van der Waals surface area (Å²) in [5, 5.41) is 0. The van der Waals surface area contributed by atoms with Gasteiger partial charge in [-0.25, -0.2) is 0 Å². The molecule has 90 valence electrons. The summed E-state index contributed by atoms with van der Waals surface area (Å²) in [5.74, 6) is 1.63. The van der Waals surface area contributed by atoms with E-state index in [4.69, 9.17) is 15.2 Å². The van der Waals surface area contributed by atoms with E-state index in [1.165, 1.54) is 0 Å². The van der Waals surface area contributed by atoms with Gasteiger partial charge in [0.1, 0.15) is 11.5 Å². The highest BCUT2D eigenvalue weighted by Crippen LogP contribution is 2.24. The highest BCUT2D eigenvalue weighted by Gasteiger charge is 2.05. The van der Waals surface area contributed by atoms with Crippen LogP contribution in [-0.2, 0) is 6.54 Å². The molecule has 1 aromatic carbocycles. The summed E-state index contributed by atoms with van der Waals surface area (Å²) in [4.78, 5) is 0. The van der Waals surface area contributed by atoms with Gasteiger partial charge in [0.2, 0.25) is 0 Å². The predicted molar refractivity (Wildman–Crippen MR) is 65.9 cm³/mol. The van der Waals surface area contributed by atoms with E-state index in [2.05, 4.69) is 0 Å². The molecule has 3 nitrogen and oxygen atoms in total. The first-order valence-corrected chi connectivity index (χ1v) is 5.68. The fraction of sp³-hybridized carbons (Fsp3) is 0.538. The van der Waals surface area contributed by atoms with Crippen LogP contribution in [0, 0.1) is 0 Å². The molecular formula is C13H21NO2. The summed E-state index contributed by atoms with van der Waals surface area (Å²) in [6, 6.07) is 5.81. The number of benzene rings is 1. The van der Waals surface area contributed by atoms with Gasteiger partial charge in [-0.2, -0.15) is 0 Å². The Hall–Kier alpha value is -1.22. The fourth-order valence-corrected chi connectivity index (χ4v) is 1.43. The third-order valence-corrected chi connectivity index (χ3v) is 1.92. The second kappa shape index (κ2) is 5.75. The van der Waals surface area contributed by atoms with Gasteiger partial charge >= 0.3 is 0 Å². The first kappa shape index (κ1) is 12.8. The Morgan fingerprint density at radius 2 is 1.38 bits per heavy atom. The fourth-order valence-electron chi connectivity index (χ4n) is 1.43. The minimum absolute atomic E-state index is 0.153. The lowest BCUT2D eigenvalue weighted by Crippen LogP contribution is -2.09. The van der Waals surface area contributed by atoms with E-state index in [9.17, 15) is 0 Å². The molecule has 0 aliphatic heterocycles. The monoisotopic (exact) mass is 223 g/mol. The summed E-state index contributed by atoms with van der Waals surface area (Å²) < 4.78 is 11.3. The maximum Gasteiger partial charge on any atom is 0.123 e. The Labute approximate surface area is 97.6 Å². The Kier molecular flexibility index (Phi) is 4.62. The maximum atomic E-state index is 5.64. The van der Waals surface area contributed by atoms with Crippen molar-refractivity contribution in [3.63, 3.8) is 0 Å². The molecule has 0 atom stereocenters. The van der Waals surface area contributed by atoms with Crippen LogP contribution in [0.25, 0.3) is 0 Å². The van der Waals surface area contributed by atoms with Gasteiger partial charge < -0.3 is 15.2 Å². The van der Waals surface area contributed by atoms with Crippen LogP contribution in [0.2, 0.25) is 0 Å². The number of nitrogens with two attached hydrogens (primary N) is 1. The highest BCUT2D eigenvalue weighted by atomic mass is 16.5. The predicted octanol–water partition coefficient (Wildman–Crippen LogP) is 2.72. The Morgan fingerprint density at radius 1 is 0.938 bits per heavy atom. The van der Waals surface area contributed by atoms with Crippen LogP contribution in [-0.4, -0.2) is 12.2 Å². The van der Waals surface area contributed by atoms with Crippen LogP contribution in [0.1, 0.15) is 33.3 Å². The molecule has 0 spiro atoms. The summed E-state index contributed by atoms with van der Waals surface area (Å²) in [7, 11) is 0. The van der Waals surface area contributed by atoms with Crippen molar-refractivity contribution in [1.82, 2.24) is 0 Å². The average molecular weight is 223 g/mol. The summed E-state index contributed by atoms with van der Waals surface area (Å²) >= 11 is 0. The van der Waals surface area contributed by atoms with Crippen molar-refractivity contribution >= 4 is 0 Å². The number of hydrogen-bond acceptors (Lipinski definition) is 3. The smallest absolute Gasteiger partial charge is 0.123 e. The number of rotatable bonds is 5. The van der Waals surface area contributed by atoms with Gasteiger partial charge in [0, 0.05) is 12.6 Å². The second-order valence-electron chi connectivity index (χ2n) is 4.35. The highest BCUT2D eigenvalue weighted by molar-refractivity contribution is 5.38. The Morgan fingerprint density at radius 3 is 1.69 bits per heavy atom. The SMILES string of the molecule is CC(C)Oc1cc(CN)cc(OC(C)C)c1. The van der Waals surface area contributed by atoms with Crippen molar-refractivity contribution in [2.24, 2.45) is 5.73 Å². The van der Waals surface area contributed by atoms with E-state index >= 15 is 0 Å². The van der Waals surface area contributed by atoms with Crippen molar-refractivity contribution < 1.29 is 9.47 Å². The quantitative estimate of drug-likeness (QED) is 0.834. The van der Waals surface area contributed by atoms with Crippen LogP contribution in [0.4, 0.5) is 0 Å². The molecule has 1 rings (SSSR count). The van der Waals surface area contributed by atoms with Gasteiger partial charge in [0.25, 0.3) is 0 Å². The van der Waals surface area contributed by atoms with Crippen molar-refractivity contribution in [3.8, 4) is 11.5 Å². The summed E-state index contributed by atoms with van der Waals surface area (Å²) in [5.41, 5.74) is 6.66. The molecule has 1 aromatic rings. The topological polar surface area (TPSA) is 44.5 Å². The zero-order valence-electron chi connectivity index (χ0n) is 10.5. The molecule has 0 radical (unpaired) electrons. The maximum absolute atomic E-state index is 5.64. The molecule has 0 aliphatic rings. The molecule has 3 heteroatoms. The second-order valence-corrected chi connectivity index (χ2v) is 4.35. The van der Waals surface area contributed by atoms with E-state index in [1.54, 1.807) is 0 Å². The number of ether oxygens (including phenoxy) is 2. The van der Waals surface area contributed by atoms with Crippen LogP contribution < -0.4 is 15.2 Å². The van der Waals surface area contributed by atoms with Gasteiger partial charge in [-0.05, 0) is 45.4 Å². The Balaban J connectivity index is 2.91. The average Bonchev–Trinajstić information content (AvgIpc) is 2.14. The van der Waals surface area contributed by atoms with Crippen LogP contribution in [0.3, 0.4) is 0 Å². The van der Waals surface area contributed by atoms with E-state index in [0.717, 1.165) is 17.1 Å². The minimum atomic E-state index is 0.153. The van der Waals surface area contributed by atoms with E-state index in [1.807, 2.05) is 45.9 Å². The molecule has 0 unspecified atom stereocenters. The molecule has 2 N–H and O–H groups in total.